The van der Waals surface area contributed by atoms with Crippen LogP contribution in [0.2, 0.25) is 0 Å². The Morgan fingerprint density at radius 2 is 1.94 bits per heavy atom. The summed E-state index contributed by atoms with van der Waals surface area (Å²) in [6, 6.07) is 8.19. The van der Waals surface area contributed by atoms with Gasteiger partial charge in [0.25, 0.3) is 0 Å². The maximum Gasteiger partial charge on any atom is 0.244 e. The molecule has 1 unspecified atom stereocenters. The number of amides is 1. The molecule has 0 aliphatic carbocycles. The second-order valence-electron chi connectivity index (χ2n) is 5.89. The third-order valence-electron chi connectivity index (χ3n) is 3.56. The Balaban J connectivity index is 2.38. The van der Waals surface area contributed by atoms with Gasteiger partial charge in [0.1, 0.15) is 0 Å². The quantitative estimate of drug-likeness (QED) is 0.868. The van der Waals surface area contributed by atoms with Gasteiger partial charge in [0, 0.05) is 12.2 Å². The summed E-state index contributed by atoms with van der Waals surface area (Å²) in [4.78, 5) is 14.2. The van der Waals surface area contributed by atoms with Crippen molar-refractivity contribution in [3.05, 3.63) is 29.8 Å². The minimum atomic E-state index is -0.0296. The van der Waals surface area contributed by atoms with Gasteiger partial charge in [0.2, 0.25) is 5.91 Å². The lowest BCUT2D eigenvalue weighted by atomic mass is 9.85. The number of rotatable bonds is 2. The van der Waals surface area contributed by atoms with Crippen LogP contribution in [0.1, 0.15) is 32.8 Å². The molecule has 1 saturated heterocycles. The second-order valence-corrected chi connectivity index (χ2v) is 5.89. The lowest BCUT2D eigenvalue weighted by Crippen LogP contribution is -2.37. The smallest absolute Gasteiger partial charge is 0.244 e. The number of para-hydroxylation sites is 1. The van der Waals surface area contributed by atoms with Crippen LogP contribution in [0, 0.1) is 0 Å². The first-order chi connectivity index (χ1) is 8.45. The molecule has 0 radical (unpaired) electrons. The van der Waals surface area contributed by atoms with Crippen LogP contribution in [-0.4, -0.2) is 25.5 Å². The van der Waals surface area contributed by atoms with Crippen molar-refractivity contribution in [2.24, 2.45) is 0 Å². The molecule has 3 nitrogen and oxygen atoms in total. The lowest BCUT2D eigenvalue weighted by molar-refractivity contribution is -0.118. The summed E-state index contributed by atoms with van der Waals surface area (Å²) in [6.07, 6.45) is 0.883. The highest BCUT2D eigenvalue weighted by atomic mass is 16.2. The lowest BCUT2D eigenvalue weighted by Gasteiger charge is -2.27. The second kappa shape index (κ2) is 4.73. The monoisotopic (exact) mass is 246 g/mol. The Hall–Kier alpha value is -1.35. The van der Waals surface area contributed by atoms with E-state index in [9.17, 15) is 4.79 Å². The molecule has 2 rings (SSSR count). The van der Waals surface area contributed by atoms with Gasteiger partial charge in [-0.3, -0.25) is 4.79 Å². The topological polar surface area (TPSA) is 32.3 Å². The van der Waals surface area contributed by atoms with E-state index in [2.05, 4.69) is 38.2 Å². The minimum Gasteiger partial charge on any atom is -0.311 e. The van der Waals surface area contributed by atoms with Crippen molar-refractivity contribution in [1.29, 1.82) is 0 Å². The van der Waals surface area contributed by atoms with Crippen molar-refractivity contribution in [1.82, 2.24) is 5.32 Å². The molecule has 0 bridgehead atoms. The average Bonchev–Trinajstić information content (AvgIpc) is 2.69. The van der Waals surface area contributed by atoms with E-state index in [-0.39, 0.29) is 17.4 Å². The normalized spacial score (nSPS) is 20.6. The van der Waals surface area contributed by atoms with Crippen molar-refractivity contribution >= 4 is 11.6 Å². The Kier molecular flexibility index (Phi) is 3.44. The number of nitrogens with zero attached hydrogens (tertiary/aromatic N) is 1. The standard InChI is InChI=1S/C15H22N2O/c1-15(2,3)11-7-5-6-8-13(11)17-10-9-12(16-4)14(17)18/h5-8,12,16H,9-10H2,1-4H3. The minimum absolute atomic E-state index is 0.0296. The van der Waals surface area contributed by atoms with Crippen LogP contribution >= 0.6 is 0 Å². The Morgan fingerprint density at radius 1 is 1.28 bits per heavy atom. The summed E-state index contributed by atoms with van der Waals surface area (Å²) in [7, 11) is 1.85. The maximum absolute atomic E-state index is 12.3. The van der Waals surface area contributed by atoms with Gasteiger partial charge in [-0.2, -0.15) is 0 Å². The highest BCUT2D eigenvalue weighted by molar-refractivity contribution is 6.00. The molecule has 1 N–H and O–H groups in total. The molecule has 1 aliphatic heterocycles. The molecular weight excluding hydrogens is 224 g/mol. The van der Waals surface area contributed by atoms with E-state index in [0.717, 1.165) is 18.7 Å². The van der Waals surface area contributed by atoms with E-state index >= 15 is 0 Å². The third-order valence-corrected chi connectivity index (χ3v) is 3.56. The van der Waals surface area contributed by atoms with Crippen LogP contribution in [-0.2, 0) is 10.2 Å². The molecule has 0 saturated carbocycles. The summed E-state index contributed by atoms with van der Waals surface area (Å²) in [5.41, 5.74) is 2.34. The number of nitrogens with one attached hydrogen (secondary N) is 1. The molecule has 1 aromatic rings. The van der Waals surface area contributed by atoms with Crippen LogP contribution in [0.25, 0.3) is 0 Å². The van der Waals surface area contributed by atoms with E-state index in [1.807, 2.05) is 24.1 Å². The van der Waals surface area contributed by atoms with Crippen LogP contribution in [0.15, 0.2) is 24.3 Å². The summed E-state index contributed by atoms with van der Waals surface area (Å²) in [5, 5.41) is 3.08. The molecule has 1 aliphatic rings. The van der Waals surface area contributed by atoms with Crippen molar-refractivity contribution in [3.63, 3.8) is 0 Å². The Labute approximate surface area is 109 Å². The fraction of sp³-hybridized carbons (Fsp3) is 0.533. The molecule has 98 valence electrons. The summed E-state index contributed by atoms with van der Waals surface area (Å²) in [5.74, 6) is 0.189. The molecule has 1 atom stereocenters. The number of carbonyl (C=O) groups is 1. The van der Waals surface area contributed by atoms with Gasteiger partial charge in [-0.25, -0.2) is 0 Å². The van der Waals surface area contributed by atoms with E-state index in [1.54, 1.807) is 0 Å². The first-order valence-electron chi connectivity index (χ1n) is 6.53. The molecule has 1 heterocycles. The molecule has 1 amide bonds. The van der Waals surface area contributed by atoms with Gasteiger partial charge in [-0.1, -0.05) is 39.0 Å². The predicted octanol–water partition coefficient (Wildman–Crippen LogP) is 2.31. The number of likely N-dealkylation sites (N-methyl/N-ethyl adjacent to an activating group) is 1. The van der Waals surface area contributed by atoms with Crippen LogP contribution in [0.3, 0.4) is 0 Å². The van der Waals surface area contributed by atoms with E-state index in [4.69, 9.17) is 0 Å². The SMILES string of the molecule is CNC1CCN(c2ccccc2C(C)(C)C)C1=O. The maximum atomic E-state index is 12.3. The number of hydrogen-bond donors (Lipinski definition) is 1. The fourth-order valence-electron chi connectivity index (χ4n) is 2.53. The highest BCUT2D eigenvalue weighted by Gasteiger charge is 2.33. The predicted molar refractivity (Wildman–Crippen MR) is 75.0 cm³/mol. The van der Waals surface area contributed by atoms with Gasteiger partial charge in [-0.05, 0) is 30.5 Å². The highest BCUT2D eigenvalue weighted by Crippen LogP contribution is 2.33. The summed E-state index contributed by atoms with van der Waals surface area (Å²) in [6.45, 7) is 7.35. The molecule has 1 fully saturated rings. The average molecular weight is 246 g/mol. The number of carbonyl (C=O) groups excluding carboxylic acids is 1. The third kappa shape index (κ3) is 2.27. The van der Waals surface area contributed by atoms with Crippen molar-refractivity contribution < 1.29 is 4.79 Å². The molecule has 1 aromatic carbocycles. The van der Waals surface area contributed by atoms with Crippen molar-refractivity contribution in [2.45, 2.75) is 38.6 Å². The number of hydrogen-bond acceptors (Lipinski definition) is 2. The first kappa shape index (κ1) is 13.1. The van der Waals surface area contributed by atoms with Gasteiger partial charge in [-0.15, -0.1) is 0 Å². The van der Waals surface area contributed by atoms with E-state index in [0.29, 0.717) is 0 Å². The van der Waals surface area contributed by atoms with E-state index in [1.165, 1.54) is 5.56 Å². The van der Waals surface area contributed by atoms with Crippen molar-refractivity contribution in [2.75, 3.05) is 18.5 Å². The zero-order chi connectivity index (χ0) is 13.3. The first-order valence-corrected chi connectivity index (χ1v) is 6.53. The van der Waals surface area contributed by atoms with Crippen LogP contribution < -0.4 is 10.2 Å². The van der Waals surface area contributed by atoms with Crippen LogP contribution in [0.4, 0.5) is 5.69 Å². The van der Waals surface area contributed by atoms with Crippen LogP contribution in [0.5, 0.6) is 0 Å². The number of anilines is 1. The van der Waals surface area contributed by atoms with Gasteiger partial charge < -0.3 is 10.2 Å². The molecular formula is C15H22N2O. The molecule has 18 heavy (non-hydrogen) atoms. The van der Waals surface area contributed by atoms with Crippen molar-refractivity contribution in [3.8, 4) is 0 Å². The summed E-state index contributed by atoms with van der Waals surface area (Å²) < 4.78 is 0. The Morgan fingerprint density at radius 3 is 2.50 bits per heavy atom. The molecule has 0 aromatic heterocycles. The van der Waals surface area contributed by atoms with Gasteiger partial charge >= 0.3 is 0 Å². The number of benzene rings is 1. The van der Waals surface area contributed by atoms with Gasteiger partial charge in [0.15, 0.2) is 0 Å². The van der Waals surface area contributed by atoms with E-state index < -0.39 is 0 Å². The Bertz CT molecular complexity index is 448. The molecule has 3 heteroatoms. The largest absolute Gasteiger partial charge is 0.311 e. The summed E-state index contributed by atoms with van der Waals surface area (Å²) >= 11 is 0. The molecule has 0 spiro atoms. The fourth-order valence-corrected chi connectivity index (χ4v) is 2.53. The van der Waals surface area contributed by atoms with Gasteiger partial charge in [0.05, 0.1) is 6.04 Å². The zero-order valence-corrected chi connectivity index (χ0v) is 11.7. The zero-order valence-electron chi connectivity index (χ0n) is 11.7.